The van der Waals surface area contributed by atoms with Crippen molar-refractivity contribution >= 4 is 20.3 Å². The van der Waals surface area contributed by atoms with Gasteiger partial charge in [-0.25, -0.2) is 14.5 Å². The molecule has 0 saturated carbocycles. The van der Waals surface area contributed by atoms with E-state index in [0.717, 1.165) is 4.90 Å². The van der Waals surface area contributed by atoms with Crippen LogP contribution in [-0.4, -0.2) is 43.4 Å². The highest BCUT2D eigenvalue weighted by Crippen LogP contribution is 2.18. The van der Waals surface area contributed by atoms with Crippen LogP contribution in [0.4, 0.5) is 9.59 Å². The third-order valence-corrected chi connectivity index (χ3v) is 3.21. The van der Waals surface area contributed by atoms with E-state index in [0.29, 0.717) is 6.42 Å². The monoisotopic (exact) mass is 297 g/mol. The van der Waals surface area contributed by atoms with Gasteiger partial charge in [0.25, 0.3) is 0 Å². The van der Waals surface area contributed by atoms with Crippen LogP contribution in [0, 0.1) is 11.5 Å². The Morgan fingerprint density at radius 2 is 2.05 bits per heavy atom. The molecule has 1 heterocycles. The summed E-state index contributed by atoms with van der Waals surface area (Å²) in [6.07, 6.45) is -1.23. The van der Waals surface area contributed by atoms with E-state index < -0.39 is 25.9 Å². The van der Waals surface area contributed by atoms with Crippen molar-refractivity contribution in [3.8, 4) is 11.5 Å². The number of hydrogen-bond acceptors (Lipinski definition) is 4. The van der Waals surface area contributed by atoms with Gasteiger partial charge in [-0.05, 0) is 20.8 Å². The van der Waals surface area contributed by atoms with Gasteiger partial charge in [-0.15, -0.1) is 11.5 Å². The van der Waals surface area contributed by atoms with Crippen molar-refractivity contribution in [1.82, 2.24) is 4.90 Å². The molecule has 5 nitrogen and oxygen atoms in total. The van der Waals surface area contributed by atoms with Crippen molar-refractivity contribution in [1.29, 1.82) is 0 Å². The van der Waals surface area contributed by atoms with E-state index in [1.807, 2.05) is 0 Å². The van der Waals surface area contributed by atoms with Gasteiger partial charge >= 0.3 is 12.2 Å². The highest BCUT2D eigenvalue weighted by molar-refractivity contribution is 6.83. The van der Waals surface area contributed by atoms with Crippen molar-refractivity contribution < 1.29 is 19.1 Å². The maximum absolute atomic E-state index is 11.8. The maximum atomic E-state index is 11.8. The van der Waals surface area contributed by atoms with E-state index in [1.54, 1.807) is 20.8 Å². The van der Waals surface area contributed by atoms with Gasteiger partial charge in [0, 0.05) is 6.42 Å². The predicted octanol–water partition coefficient (Wildman–Crippen LogP) is 3.01. The summed E-state index contributed by atoms with van der Waals surface area (Å²) >= 11 is 0. The zero-order chi connectivity index (χ0) is 15.6. The van der Waals surface area contributed by atoms with Crippen molar-refractivity contribution in [2.45, 2.75) is 58.5 Å². The summed E-state index contributed by atoms with van der Waals surface area (Å²) < 4.78 is 10.3. The van der Waals surface area contributed by atoms with Gasteiger partial charge in [-0.3, -0.25) is 0 Å². The lowest BCUT2D eigenvalue weighted by Gasteiger charge is -2.22. The molecule has 112 valence electrons. The number of cyclic esters (lactones) is 1. The molecule has 0 spiro atoms. The number of hydrogen-bond donors (Lipinski definition) is 0. The second-order valence-electron chi connectivity index (χ2n) is 6.85. The van der Waals surface area contributed by atoms with E-state index in [1.165, 1.54) is 0 Å². The van der Waals surface area contributed by atoms with Gasteiger partial charge in [0.15, 0.2) is 0 Å². The van der Waals surface area contributed by atoms with Gasteiger partial charge < -0.3 is 9.47 Å². The van der Waals surface area contributed by atoms with Gasteiger partial charge in [-0.1, -0.05) is 19.6 Å². The molecule has 1 unspecified atom stereocenters. The molecule has 0 aromatic rings. The smallest absolute Gasteiger partial charge is 0.419 e. The maximum Gasteiger partial charge on any atom is 0.419 e. The van der Waals surface area contributed by atoms with Gasteiger partial charge in [0.1, 0.15) is 19.8 Å². The second kappa shape index (κ2) is 5.88. The summed E-state index contributed by atoms with van der Waals surface area (Å²) in [5.74, 6) is 3.05. The van der Waals surface area contributed by atoms with E-state index in [9.17, 15) is 9.59 Å². The molecule has 1 fully saturated rings. The summed E-state index contributed by atoms with van der Waals surface area (Å²) in [7, 11) is -1.42. The SMILES string of the molecule is CC(C)(C)OC(=O)N1CC(CC#C[Si](C)(C)C)OC1=O. The number of carbonyl (C=O) groups excluding carboxylic acids is 2. The van der Waals surface area contributed by atoms with Crippen LogP contribution >= 0.6 is 0 Å². The third kappa shape index (κ3) is 5.66. The summed E-state index contributed by atoms with van der Waals surface area (Å²) in [6, 6.07) is 0. The minimum Gasteiger partial charge on any atom is -0.443 e. The Bertz CT molecular complexity index is 451. The van der Waals surface area contributed by atoms with Crippen molar-refractivity contribution in [3.05, 3.63) is 0 Å². The number of imide groups is 1. The van der Waals surface area contributed by atoms with Crippen LogP contribution < -0.4 is 0 Å². The Morgan fingerprint density at radius 3 is 2.55 bits per heavy atom. The first kappa shape index (κ1) is 16.6. The number of nitrogens with zero attached hydrogens (tertiary/aromatic N) is 1. The molecule has 0 aliphatic carbocycles. The lowest BCUT2D eigenvalue weighted by molar-refractivity contribution is 0.0339. The van der Waals surface area contributed by atoms with Crippen LogP contribution in [0.1, 0.15) is 27.2 Å². The number of carbonyl (C=O) groups is 2. The van der Waals surface area contributed by atoms with Crippen LogP contribution in [0.5, 0.6) is 0 Å². The first-order valence-electron chi connectivity index (χ1n) is 6.69. The van der Waals surface area contributed by atoms with Crippen LogP contribution in [0.25, 0.3) is 0 Å². The summed E-state index contributed by atoms with van der Waals surface area (Å²) in [5.41, 5.74) is 2.58. The molecule has 20 heavy (non-hydrogen) atoms. The van der Waals surface area contributed by atoms with Crippen molar-refractivity contribution in [2.24, 2.45) is 0 Å². The number of rotatable bonds is 1. The molecular weight excluding hydrogens is 274 g/mol. The molecular formula is C14H23NO4Si. The summed E-state index contributed by atoms with van der Waals surface area (Å²) in [5, 5.41) is 0. The van der Waals surface area contributed by atoms with Gasteiger partial charge in [0.05, 0.1) is 6.54 Å². The fourth-order valence-corrected chi connectivity index (χ4v) is 2.16. The topological polar surface area (TPSA) is 55.8 Å². The first-order valence-corrected chi connectivity index (χ1v) is 10.2. The van der Waals surface area contributed by atoms with Crippen LogP contribution in [0.15, 0.2) is 0 Å². The fraction of sp³-hybridized carbons (Fsp3) is 0.714. The second-order valence-corrected chi connectivity index (χ2v) is 11.6. The molecule has 6 heteroatoms. The van der Waals surface area contributed by atoms with E-state index in [2.05, 4.69) is 31.1 Å². The fourth-order valence-electron chi connectivity index (χ4n) is 1.52. The molecule has 0 bridgehead atoms. The molecule has 0 N–H and O–H groups in total. The lowest BCUT2D eigenvalue weighted by Crippen LogP contribution is -2.37. The lowest BCUT2D eigenvalue weighted by atomic mass is 10.2. The molecule has 1 aliphatic rings. The van der Waals surface area contributed by atoms with E-state index in [-0.39, 0.29) is 12.6 Å². The van der Waals surface area contributed by atoms with Crippen LogP contribution in [0.3, 0.4) is 0 Å². The highest BCUT2D eigenvalue weighted by Gasteiger charge is 2.37. The van der Waals surface area contributed by atoms with Gasteiger partial charge in [-0.2, -0.15) is 0 Å². The standard InChI is InChI=1S/C14H23NO4Si/c1-14(2,3)19-13(17)15-10-11(18-12(15)16)8-7-9-20(4,5)6/h11H,8,10H2,1-6H3. The average molecular weight is 297 g/mol. The Morgan fingerprint density at radius 1 is 1.45 bits per heavy atom. The number of ether oxygens (including phenoxy) is 2. The van der Waals surface area contributed by atoms with Crippen LogP contribution in [0.2, 0.25) is 19.6 Å². The van der Waals surface area contributed by atoms with Gasteiger partial charge in [0.2, 0.25) is 0 Å². The molecule has 0 aromatic heterocycles. The third-order valence-electron chi connectivity index (χ3n) is 2.28. The molecule has 0 aromatic carbocycles. The minimum absolute atomic E-state index is 0.203. The molecule has 2 amide bonds. The Hall–Kier alpha value is -1.48. The molecule has 1 atom stereocenters. The van der Waals surface area contributed by atoms with E-state index >= 15 is 0 Å². The van der Waals surface area contributed by atoms with Crippen molar-refractivity contribution in [2.75, 3.05) is 6.54 Å². The van der Waals surface area contributed by atoms with Crippen LogP contribution in [-0.2, 0) is 9.47 Å². The largest absolute Gasteiger partial charge is 0.443 e. The Balaban J connectivity index is 2.57. The summed E-state index contributed by atoms with van der Waals surface area (Å²) in [6.45, 7) is 11.9. The number of amides is 2. The summed E-state index contributed by atoms with van der Waals surface area (Å²) in [4.78, 5) is 24.5. The Kier molecular flexibility index (Phi) is 4.87. The Labute approximate surface area is 121 Å². The molecule has 1 saturated heterocycles. The zero-order valence-electron chi connectivity index (χ0n) is 13.1. The normalized spacial score (nSPS) is 19.2. The zero-order valence-corrected chi connectivity index (χ0v) is 14.1. The predicted molar refractivity (Wildman–Crippen MR) is 78.9 cm³/mol. The minimum atomic E-state index is -1.42. The first-order chi connectivity index (χ1) is 8.98. The molecule has 1 aliphatic heterocycles. The van der Waals surface area contributed by atoms with E-state index in [4.69, 9.17) is 9.47 Å². The molecule has 0 radical (unpaired) electrons. The quantitative estimate of drug-likeness (QED) is 0.551. The van der Waals surface area contributed by atoms with Crippen molar-refractivity contribution in [3.63, 3.8) is 0 Å². The molecule has 1 rings (SSSR count). The highest BCUT2D eigenvalue weighted by atomic mass is 28.3. The average Bonchev–Trinajstić information content (AvgIpc) is 2.55.